The first kappa shape index (κ1) is 14.5. The van der Waals surface area contributed by atoms with Crippen molar-refractivity contribution >= 4 is 22.5 Å². The molecule has 0 aliphatic carbocycles. The normalized spacial score (nSPS) is 10.2. The molecule has 0 fully saturated rings. The van der Waals surface area contributed by atoms with Gasteiger partial charge < -0.3 is 4.57 Å². The van der Waals surface area contributed by atoms with Crippen molar-refractivity contribution < 1.29 is 0 Å². The third-order valence-electron chi connectivity index (χ3n) is 3.02. The zero-order valence-electron chi connectivity index (χ0n) is 12.2. The van der Waals surface area contributed by atoms with E-state index in [0.717, 1.165) is 22.5 Å². The van der Waals surface area contributed by atoms with Crippen LogP contribution in [0.25, 0.3) is 22.2 Å². The zero-order chi connectivity index (χ0) is 14.7. The van der Waals surface area contributed by atoms with Crippen molar-refractivity contribution in [3.8, 4) is 11.3 Å². The van der Waals surface area contributed by atoms with E-state index in [9.17, 15) is 0 Å². The number of para-hydroxylation sites is 1. The molecular formula is C16H18ClN3. The Bertz CT molecular complexity index is 732. The Kier molecular flexibility index (Phi) is 4.40. The third-order valence-corrected chi connectivity index (χ3v) is 3.29. The highest BCUT2D eigenvalue weighted by molar-refractivity contribution is 6.33. The molecule has 3 nitrogen and oxygen atoms in total. The largest absolute Gasteiger partial charge is 0.350 e. The fourth-order valence-corrected chi connectivity index (χ4v) is 2.37. The van der Waals surface area contributed by atoms with Crippen molar-refractivity contribution in [1.82, 2.24) is 14.5 Å². The van der Waals surface area contributed by atoms with E-state index in [4.69, 9.17) is 11.6 Å². The lowest BCUT2D eigenvalue weighted by Crippen LogP contribution is -1.91. The lowest BCUT2D eigenvalue weighted by molar-refractivity contribution is 0.968. The van der Waals surface area contributed by atoms with E-state index >= 15 is 0 Å². The Labute approximate surface area is 124 Å². The van der Waals surface area contributed by atoms with E-state index in [-0.39, 0.29) is 0 Å². The van der Waals surface area contributed by atoms with Crippen molar-refractivity contribution in [2.45, 2.75) is 20.8 Å². The van der Waals surface area contributed by atoms with Gasteiger partial charge in [0, 0.05) is 35.9 Å². The van der Waals surface area contributed by atoms with Gasteiger partial charge in [0.15, 0.2) is 0 Å². The molecule has 2 aromatic heterocycles. The monoisotopic (exact) mass is 287 g/mol. The molecule has 4 heteroatoms. The summed E-state index contributed by atoms with van der Waals surface area (Å²) in [5.41, 5.74) is 3.00. The Morgan fingerprint density at radius 1 is 1.15 bits per heavy atom. The number of hydrogen-bond donors (Lipinski definition) is 0. The van der Waals surface area contributed by atoms with Crippen molar-refractivity contribution in [1.29, 1.82) is 0 Å². The van der Waals surface area contributed by atoms with Gasteiger partial charge in [-0.1, -0.05) is 43.6 Å². The van der Waals surface area contributed by atoms with Crippen LogP contribution >= 0.6 is 11.6 Å². The minimum absolute atomic E-state index is 0.581. The highest BCUT2D eigenvalue weighted by Gasteiger charge is 2.12. The van der Waals surface area contributed by atoms with Crippen LogP contribution in [0, 0.1) is 6.92 Å². The van der Waals surface area contributed by atoms with Gasteiger partial charge in [0.2, 0.25) is 0 Å². The maximum atomic E-state index is 6.21. The Morgan fingerprint density at radius 2 is 1.85 bits per heavy atom. The second kappa shape index (κ2) is 6.06. The molecule has 2 heterocycles. The minimum atomic E-state index is 0.581. The van der Waals surface area contributed by atoms with E-state index in [0.29, 0.717) is 5.02 Å². The van der Waals surface area contributed by atoms with Crippen LogP contribution in [0.4, 0.5) is 0 Å². The number of fused-ring (bicyclic) bond motifs is 1. The predicted molar refractivity (Wildman–Crippen MR) is 85.0 cm³/mol. The van der Waals surface area contributed by atoms with Gasteiger partial charge in [-0.2, -0.15) is 0 Å². The van der Waals surface area contributed by atoms with Crippen molar-refractivity contribution in [2.75, 3.05) is 0 Å². The van der Waals surface area contributed by atoms with Crippen LogP contribution in [-0.2, 0) is 7.05 Å². The van der Waals surface area contributed by atoms with Gasteiger partial charge in [-0.3, -0.25) is 0 Å². The van der Waals surface area contributed by atoms with Crippen molar-refractivity contribution in [2.24, 2.45) is 7.05 Å². The van der Waals surface area contributed by atoms with Gasteiger partial charge in [0.25, 0.3) is 0 Å². The highest BCUT2D eigenvalue weighted by Crippen LogP contribution is 2.32. The van der Waals surface area contributed by atoms with Crippen LogP contribution in [0.1, 0.15) is 19.7 Å². The van der Waals surface area contributed by atoms with E-state index < -0.39 is 0 Å². The van der Waals surface area contributed by atoms with Gasteiger partial charge in [-0.15, -0.1) is 0 Å². The van der Waals surface area contributed by atoms with E-state index in [2.05, 4.69) is 32.9 Å². The summed E-state index contributed by atoms with van der Waals surface area (Å²) in [5, 5.41) is 1.73. The van der Waals surface area contributed by atoms with Crippen LogP contribution in [0.3, 0.4) is 0 Å². The standard InChI is InChI=1S/C14H12ClN3.C2H6/c1-9-16-7-12(15)14(17-9)11-8-18(2)13-6-4-3-5-10(11)13;1-2/h3-8H,1-2H3;1-2H3. The summed E-state index contributed by atoms with van der Waals surface area (Å²) in [7, 11) is 2.02. The second-order valence-corrected chi connectivity index (χ2v) is 4.69. The third kappa shape index (κ3) is 2.54. The topological polar surface area (TPSA) is 30.7 Å². The van der Waals surface area contributed by atoms with Crippen LogP contribution in [0.5, 0.6) is 0 Å². The van der Waals surface area contributed by atoms with E-state index in [1.165, 1.54) is 5.52 Å². The summed E-state index contributed by atoms with van der Waals surface area (Å²) in [6, 6.07) is 8.21. The molecule has 3 rings (SSSR count). The van der Waals surface area contributed by atoms with Crippen molar-refractivity contribution in [3.05, 3.63) is 47.5 Å². The Balaban J connectivity index is 0.000000704. The van der Waals surface area contributed by atoms with Crippen LogP contribution in [0.15, 0.2) is 36.7 Å². The molecule has 1 aromatic carbocycles. The first-order valence-corrected chi connectivity index (χ1v) is 7.08. The summed E-state index contributed by atoms with van der Waals surface area (Å²) in [4.78, 5) is 8.55. The lowest BCUT2D eigenvalue weighted by atomic mass is 10.1. The fourth-order valence-electron chi connectivity index (χ4n) is 2.17. The van der Waals surface area contributed by atoms with Gasteiger partial charge in [0.1, 0.15) is 5.82 Å². The fraction of sp³-hybridized carbons (Fsp3) is 0.250. The summed E-state index contributed by atoms with van der Waals surface area (Å²) < 4.78 is 2.08. The van der Waals surface area contributed by atoms with Gasteiger partial charge in [-0.25, -0.2) is 9.97 Å². The van der Waals surface area contributed by atoms with Crippen LogP contribution in [-0.4, -0.2) is 14.5 Å². The van der Waals surface area contributed by atoms with Crippen molar-refractivity contribution in [3.63, 3.8) is 0 Å². The molecule has 0 spiro atoms. The predicted octanol–water partition coefficient (Wildman–Crippen LogP) is 4.62. The maximum absolute atomic E-state index is 6.21. The lowest BCUT2D eigenvalue weighted by Gasteiger charge is -2.02. The molecule has 0 unspecified atom stereocenters. The minimum Gasteiger partial charge on any atom is -0.350 e. The quantitative estimate of drug-likeness (QED) is 0.653. The van der Waals surface area contributed by atoms with E-state index in [1.807, 2.05) is 40.0 Å². The molecule has 3 aromatic rings. The second-order valence-electron chi connectivity index (χ2n) is 4.28. The van der Waals surface area contributed by atoms with Crippen LogP contribution in [0.2, 0.25) is 5.02 Å². The molecule has 0 saturated carbocycles. The first-order valence-electron chi connectivity index (χ1n) is 6.70. The molecule has 0 atom stereocenters. The molecule has 0 N–H and O–H groups in total. The SMILES string of the molecule is CC.Cc1ncc(Cl)c(-c2cn(C)c3ccccc23)n1. The molecular weight excluding hydrogens is 270 g/mol. The molecule has 20 heavy (non-hydrogen) atoms. The summed E-state index contributed by atoms with van der Waals surface area (Å²) >= 11 is 6.21. The number of benzene rings is 1. The zero-order valence-corrected chi connectivity index (χ0v) is 12.9. The molecule has 0 bridgehead atoms. The number of aryl methyl sites for hydroxylation is 2. The molecule has 0 radical (unpaired) electrons. The first-order chi connectivity index (χ1) is 9.66. The number of nitrogens with zero attached hydrogens (tertiary/aromatic N) is 3. The molecule has 0 saturated heterocycles. The number of rotatable bonds is 1. The summed E-state index contributed by atoms with van der Waals surface area (Å²) in [6.07, 6.45) is 3.71. The van der Waals surface area contributed by atoms with Gasteiger partial charge in [0.05, 0.1) is 10.7 Å². The van der Waals surface area contributed by atoms with Gasteiger partial charge >= 0.3 is 0 Å². The molecule has 0 amide bonds. The summed E-state index contributed by atoms with van der Waals surface area (Å²) in [5.74, 6) is 0.724. The number of hydrogen-bond acceptors (Lipinski definition) is 2. The number of aromatic nitrogens is 3. The molecule has 0 aliphatic heterocycles. The molecule has 0 aliphatic rings. The highest BCUT2D eigenvalue weighted by atomic mass is 35.5. The molecule has 104 valence electrons. The average Bonchev–Trinajstić information content (AvgIpc) is 2.81. The van der Waals surface area contributed by atoms with Gasteiger partial charge in [-0.05, 0) is 13.0 Å². The smallest absolute Gasteiger partial charge is 0.125 e. The van der Waals surface area contributed by atoms with E-state index in [1.54, 1.807) is 6.20 Å². The Morgan fingerprint density at radius 3 is 2.60 bits per heavy atom. The Hall–Kier alpha value is -1.87. The summed E-state index contributed by atoms with van der Waals surface area (Å²) in [6.45, 7) is 5.87. The number of halogens is 1. The average molecular weight is 288 g/mol. The van der Waals surface area contributed by atoms with Crippen LogP contribution < -0.4 is 0 Å². The maximum Gasteiger partial charge on any atom is 0.125 e.